The molecule has 16 heavy (non-hydrogen) atoms. The van der Waals surface area contributed by atoms with Gasteiger partial charge in [0, 0.05) is 19.6 Å². The van der Waals surface area contributed by atoms with Gasteiger partial charge in [-0.15, -0.1) is 0 Å². The molecule has 6 heteroatoms. The molecule has 1 fully saturated rings. The van der Waals surface area contributed by atoms with E-state index in [0.717, 1.165) is 19.5 Å². The van der Waals surface area contributed by atoms with Gasteiger partial charge in [0.15, 0.2) is 0 Å². The Hall–Kier alpha value is -1.30. The van der Waals surface area contributed by atoms with Gasteiger partial charge in [0.05, 0.1) is 0 Å². The maximum atomic E-state index is 11.7. The van der Waals surface area contributed by atoms with Crippen LogP contribution in [-0.2, 0) is 4.79 Å². The minimum atomic E-state index is -0.983. The SMILES string of the molecule is CC[C@H](NC(=O)N1CCCNCC1)C(=O)O. The van der Waals surface area contributed by atoms with E-state index in [4.69, 9.17) is 5.11 Å². The lowest BCUT2D eigenvalue weighted by atomic mass is 10.2. The molecular weight excluding hydrogens is 210 g/mol. The normalized spacial score (nSPS) is 18.7. The van der Waals surface area contributed by atoms with Crippen molar-refractivity contribution in [2.45, 2.75) is 25.8 Å². The molecule has 0 spiro atoms. The highest BCUT2D eigenvalue weighted by molar-refractivity contribution is 5.82. The molecule has 0 aromatic rings. The van der Waals surface area contributed by atoms with Gasteiger partial charge in [0.25, 0.3) is 0 Å². The van der Waals surface area contributed by atoms with Crippen LogP contribution < -0.4 is 10.6 Å². The zero-order valence-electron chi connectivity index (χ0n) is 9.53. The minimum absolute atomic E-state index is 0.280. The van der Waals surface area contributed by atoms with Crippen LogP contribution in [-0.4, -0.2) is 54.2 Å². The summed E-state index contributed by atoms with van der Waals surface area (Å²) in [5.74, 6) is -0.983. The first-order chi connectivity index (χ1) is 7.65. The van der Waals surface area contributed by atoms with Crippen LogP contribution in [0, 0.1) is 0 Å². The molecule has 1 rings (SSSR count). The molecule has 0 aromatic carbocycles. The molecule has 92 valence electrons. The van der Waals surface area contributed by atoms with E-state index in [1.54, 1.807) is 11.8 Å². The molecular formula is C10H19N3O3. The number of carboxylic acids is 1. The molecule has 0 aromatic heterocycles. The third kappa shape index (κ3) is 3.69. The van der Waals surface area contributed by atoms with Crippen LogP contribution in [0.4, 0.5) is 4.79 Å². The summed E-state index contributed by atoms with van der Waals surface area (Å²) in [5, 5.41) is 14.5. The first kappa shape index (κ1) is 12.8. The Morgan fingerprint density at radius 3 is 2.81 bits per heavy atom. The molecule has 0 aliphatic carbocycles. The second-order valence-electron chi connectivity index (χ2n) is 3.84. The Bertz CT molecular complexity index is 250. The topological polar surface area (TPSA) is 81.7 Å². The number of hydrogen-bond acceptors (Lipinski definition) is 3. The number of carbonyl (C=O) groups excluding carboxylic acids is 1. The van der Waals surface area contributed by atoms with E-state index < -0.39 is 12.0 Å². The van der Waals surface area contributed by atoms with Crippen molar-refractivity contribution in [1.29, 1.82) is 0 Å². The highest BCUT2D eigenvalue weighted by atomic mass is 16.4. The number of amides is 2. The van der Waals surface area contributed by atoms with E-state index in [-0.39, 0.29) is 6.03 Å². The van der Waals surface area contributed by atoms with Gasteiger partial charge in [-0.2, -0.15) is 0 Å². The first-order valence-electron chi connectivity index (χ1n) is 5.64. The largest absolute Gasteiger partial charge is 0.480 e. The fourth-order valence-electron chi connectivity index (χ4n) is 1.63. The number of carboxylic acid groups (broad SMARTS) is 1. The number of nitrogens with zero attached hydrogens (tertiary/aromatic N) is 1. The van der Waals surface area contributed by atoms with Crippen molar-refractivity contribution in [2.24, 2.45) is 0 Å². The molecule has 1 aliphatic heterocycles. The van der Waals surface area contributed by atoms with Gasteiger partial charge in [0.1, 0.15) is 6.04 Å². The van der Waals surface area contributed by atoms with Gasteiger partial charge in [-0.25, -0.2) is 9.59 Å². The first-order valence-corrected chi connectivity index (χ1v) is 5.64. The number of aliphatic carboxylic acids is 1. The number of nitrogens with one attached hydrogen (secondary N) is 2. The van der Waals surface area contributed by atoms with Crippen molar-refractivity contribution < 1.29 is 14.7 Å². The van der Waals surface area contributed by atoms with Gasteiger partial charge in [0.2, 0.25) is 0 Å². The molecule has 1 atom stereocenters. The van der Waals surface area contributed by atoms with Gasteiger partial charge >= 0.3 is 12.0 Å². The van der Waals surface area contributed by atoms with Crippen LogP contribution in [0.1, 0.15) is 19.8 Å². The second-order valence-corrected chi connectivity index (χ2v) is 3.84. The van der Waals surface area contributed by atoms with Gasteiger partial charge < -0.3 is 20.6 Å². The Morgan fingerprint density at radius 1 is 1.44 bits per heavy atom. The van der Waals surface area contributed by atoms with E-state index in [9.17, 15) is 9.59 Å². The lowest BCUT2D eigenvalue weighted by molar-refractivity contribution is -0.139. The fraction of sp³-hybridized carbons (Fsp3) is 0.800. The molecule has 3 N–H and O–H groups in total. The van der Waals surface area contributed by atoms with Gasteiger partial charge in [-0.1, -0.05) is 6.92 Å². The molecule has 0 bridgehead atoms. The molecule has 0 radical (unpaired) electrons. The summed E-state index contributed by atoms with van der Waals surface area (Å²) >= 11 is 0. The average Bonchev–Trinajstić information content (AvgIpc) is 2.53. The van der Waals surface area contributed by atoms with Crippen LogP contribution in [0.25, 0.3) is 0 Å². The summed E-state index contributed by atoms with van der Waals surface area (Å²) in [6.45, 7) is 4.71. The third-order valence-electron chi connectivity index (χ3n) is 2.63. The summed E-state index contributed by atoms with van der Waals surface area (Å²) in [6, 6.07) is -1.07. The number of hydrogen-bond donors (Lipinski definition) is 3. The standard InChI is InChI=1S/C10H19N3O3/c1-2-8(9(14)15)12-10(16)13-6-3-4-11-5-7-13/h8,11H,2-7H2,1H3,(H,12,16)(H,14,15)/t8-/m0/s1. The van der Waals surface area contributed by atoms with Crippen LogP contribution in [0.2, 0.25) is 0 Å². The Kier molecular flexibility index (Phi) is 5.04. The zero-order valence-corrected chi connectivity index (χ0v) is 9.53. The number of carbonyl (C=O) groups is 2. The number of rotatable bonds is 3. The highest BCUT2D eigenvalue weighted by Crippen LogP contribution is 1.98. The van der Waals surface area contributed by atoms with Gasteiger partial charge in [-0.3, -0.25) is 0 Å². The molecule has 6 nitrogen and oxygen atoms in total. The Labute approximate surface area is 95.0 Å². The van der Waals surface area contributed by atoms with Crippen LogP contribution in [0.5, 0.6) is 0 Å². The van der Waals surface area contributed by atoms with E-state index in [1.807, 2.05) is 0 Å². The minimum Gasteiger partial charge on any atom is -0.480 e. The quantitative estimate of drug-likeness (QED) is 0.629. The molecule has 2 amide bonds. The van der Waals surface area contributed by atoms with E-state index in [0.29, 0.717) is 19.5 Å². The van der Waals surface area contributed by atoms with Crippen LogP contribution in [0.3, 0.4) is 0 Å². The predicted octanol–water partition coefficient (Wildman–Crippen LogP) is -0.145. The molecule has 1 saturated heterocycles. The maximum absolute atomic E-state index is 11.7. The summed E-state index contributed by atoms with van der Waals surface area (Å²) < 4.78 is 0. The van der Waals surface area contributed by atoms with Crippen molar-refractivity contribution in [3.05, 3.63) is 0 Å². The Balaban J connectivity index is 2.46. The predicted molar refractivity (Wildman–Crippen MR) is 59.3 cm³/mol. The molecule has 0 saturated carbocycles. The highest BCUT2D eigenvalue weighted by Gasteiger charge is 2.21. The Morgan fingerprint density at radius 2 is 2.19 bits per heavy atom. The van der Waals surface area contributed by atoms with E-state index in [2.05, 4.69) is 10.6 Å². The zero-order chi connectivity index (χ0) is 12.0. The summed E-state index contributed by atoms with van der Waals surface area (Å²) in [5.41, 5.74) is 0. The van der Waals surface area contributed by atoms with Crippen molar-refractivity contribution >= 4 is 12.0 Å². The summed E-state index contributed by atoms with van der Waals surface area (Å²) in [6.07, 6.45) is 1.30. The van der Waals surface area contributed by atoms with Gasteiger partial charge in [-0.05, 0) is 19.4 Å². The lowest BCUT2D eigenvalue weighted by Crippen LogP contribution is -2.48. The van der Waals surface area contributed by atoms with Crippen molar-refractivity contribution in [1.82, 2.24) is 15.5 Å². The summed E-state index contributed by atoms with van der Waals surface area (Å²) in [4.78, 5) is 24.2. The summed E-state index contributed by atoms with van der Waals surface area (Å²) in [7, 11) is 0. The van der Waals surface area contributed by atoms with Crippen molar-refractivity contribution in [3.8, 4) is 0 Å². The molecule has 0 unspecified atom stereocenters. The van der Waals surface area contributed by atoms with E-state index >= 15 is 0 Å². The lowest BCUT2D eigenvalue weighted by Gasteiger charge is -2.22. The van der Waals surface area contributed by atoms with E-state index in [1.165, 1.54) is 0 Å². The second kappa shape index (κ2) is 6.32. The molecule has 1 aliphatic rings. The van der Waals surface area contributed by atoms with Crippen LogP contribution >= 0.6 is 0 Å². The van der Waals surface area contributed by atoms with Crippen molar-refractivity contribution in [3.63, 3.8) is 0 Å². The fourth-order valence-corrected chi connectivity index (χ4v) is 1.63. The smallest absolute Gasteiger partial charge is 0.326 e. The monoisotopic (exact) mass is 229 g/mol. The number of urea groups is 1. The maximum Gasteiger partial charge on any atom is 0.326 e. The average molecular weight is 229 g/mol. The van der Waals surface area contributed by atoms with Crippen molar-refractivity contribution in [2.75, 3.05) is 26.2 Å². The third-order valence-corrected chi connectivity index (χ3v) is 2.63. The molecule has 1 heterocycles. The van der Waals surface area contributed by atoms with Crippen LogP contribution in [0.15, 0.2) is 0 Å².